The van der Waals surface area contributed by atoms with Crippen LogP contribution in [0.25, 0.3) is 11.0 Å². The SMILES string of the molecule is CN1CCC(Nc2cnc3ccc(Br)cc3n2)CC1. The average molecular weight is 321 g/mol. The van der Waals surface area contributed by atoms with Gasteiger partial charge in [-0.25, -0.2) is 4.98 Å². The summed E-state index contributed by atoms with van der Waals surface area (Å²) in [4.78, 5) is 11.4. The van der Waals surface area contributed by atoms with Crippen molar-refractivity contribution in [2.24, 2.45) is 0 Å². The summed E-state index contributed by atoms with van der Waals surface area (Å²) in [6.45, 7) is 2.29. The predicted molar refractivity (Wildman–Crippen MR) is 81.4 cm³/mol. The Morgan fingerprint density at radius 1 is 1.26 bits per heavy atom. The minimum absolute atomic E-state index is 0.509. The fraction of sp³-hybridized carbons (Fsp3) is 0.429. The van der Waals surface area contributed by atoms with Crippen molar-refractivity contribution in [3.8, 4) is 0 Å². The van der Waals surface area contributed by atoms with Crippen LogP contribution in [0.2, 0.25) is 0 Å². The monoisotopic (exact) mass is 320 g/mol. The number of nitrogens with one attached hydrogen (secondary N) is 1. The Hall–Kier alpha value is -1.20. The zero-order chi connectivity index (χ0) is 13.2. The maximum atomic E-state index is 4.63. The average Bonchev–Trinajstić information content (AvgIpc) is 2.41. The number of aromatic nitrogens is 2. The number of likely N-dealkylation sites (tertiary alicyclic amines) is 1. The molecule has 0 spiro atoms. The number of fused-ring (bicyclic) bond motifs is 1. The molecule has 0 atom stereocenters. The Kier molecular flexibility index (Phi) is 3.66. The Morgan fingerprint density at radius 2 is 2.05 bits per heavy atom. The summed E-state index contributed by atoms with van der Waals surface area (Å²) >= 11 is 3.47. The van der Waals surface area contributed by atoms with Gasteiger partial charge in [0.15, 0.2) is 0 Å². The molecule has 0 amide bonds. The molecule has 1 N–H and O–H groups in total. The lowest BCUT2D eigenvalue weighted by Gasteiger charge is -2.29. The zero-order valence-corrected chi connectivity index (χ0v) is 12.5. The minimum Gasteiger partial charge on any atom is -0.366 e. The number of rotatable bonds is 2. The van der Waals surface area contributed by atoms with Gasteiger partial charge in [0.05, 0.1) is 17.2 Å². The van der Waals surface area contributed by atoms with E-state index >= 15 is 0 Å². The first kappa shape index (κ1) is 12.8. The number of nitrogens with zero attached hydrogens (tertiary/aromatic N) is 3. The predicted octanol–water partition coefficient (Wildman–Crippen LogP) is 2.90. The van der Waals surface area contributed by atoms with Gasteiger partial charge in [-0.05, 0) is 51.2 Å². The highest BCUT2D eigenvalue weighted by atomic mass is 79.9. The summed E-state index contributed by atoms with van der Waals surface area (Å²) in [7, 11) is 2.17. The van der Waals surface area contributed by atoms with E-state index in [1.54, 1.807) is 0 Å². The number of halogens is 1. The highest BCUT2D eigenvalue weighted by molar-refractivity contribution is 9.10. The molecule has 0 saturated carbocycles. The second-order valence-electron chi connectivity index (χ2n) is 5.11. The van der Waals surface area contributed by atoms with Crippen LogP contribution < -0.4 is 5.32 Å². The largest absolute Gasteiger partial charge is 0.366 e. The maximum Gasteiger partial charge on any atom is 0.145 e. The molecule has 2 aromatic rings. The smallest absolute Gasteiger partial charge is 0.145 e. The summed E-state index contributed by atoms with van der Waals surface area (Å²) in [5.74, 6) is 0.875. The van der Waals surface area contributed by atoms with Crippen LogP contribution in [0.1, 0.15) is 12.8 Å². The second-order valence-corrected chi connectivity index (χ2v) is 6.03. The van der Waals surface area contributed by atoms with Crippen molar-refractivity contribution in [2.45, 2.75) is 18.9 Å². The Bertz CT molecular complexity index is 579. The lowest BCUT2D eigenvalue weighted by molar-refractivity contribution is 0.263. The molecule has 100 valence electrons. The first-order valence-electron chi connectivity index (χ1n) is 6.58. The van der Waals surface area contributed by atoms with Crippen LogP contribution in [0.4, 0.5) is 5.82 Å². The molecule has 0 radical (unpaired) electrons. The van der Waals surface area contributed by atoms with Crippen molar-refractivity contribution in [2.75, 3.05) is 25.5 Å². The van der Waals surface area contributed by atoms with Gasteiger partial charge in [-0.2, -0.15) is 0 Å². The van der Waals surface area contributed by atoms with Gasteiger partial charge in [-0.15, -0.1) is 0 Å². The molecule has 2 heterocycles. The Labute approximate surface area is 121 Å². The van der Waals surface area contributed by atoms with E-state index in [4.69, 9.17) is 0 Å². The van der Waals surface area contributed by atoms with Gasteiger partial charge >= 0.3 is 0 Å². The normalized spacial score (nSPS) is 17.8. The molecule has 1 aromatic heterocycles. The molecule has 1 saturated heterocycles. The number of benzene rings is 1. The number of anilines is 1. The summed E-state index contributed by atoms with van der Waals surface area (Å²) in [6, 6.07) is 6.48. The molecule has 1 aliphatic rings. The van der Waals surface area contributed by atoms with Gasteiger partial charge in [0.1, 0.15) is 5.82 Å². The molecule has 1 aliphatic heterocycles. The molecular weight excluding hydrogens is 304 g/mol. The first-order chi connectivity index (χ1) is 9.20. The van der Waals surface area contributed by atoms with Gasteiger partial charge in [0.25, 0.3) is 0 Å². The van der Waals surface area contributed by atoms with E-state index in [0.717, 1.165) is 47.3 Å². The van der Waals surface area contributed by atoms with Crippen molar-refractivity contribution in [3.63, 3.8) is 0 Å². The van der Waals surface area contributed by atoms with Gasteiger partial charge in [-0.3, -0.25) is 4.98 Å². The van der Waals surface area contributed by atoms with Gasteiger partial charge in [0, 0.05) is 10.5 Å². The van der Waals surface area contributed by atoms with Crippen molar-refractivity contribution in [1.29, 1.82) is 0 Å². The molecule has 1 aromatic carbocycles. The van der Waals surface area contributed by atoms with E-state index in [1.807, 2.05) is 24.4 Å². The van der Waals surface area contributed by atoms with Crippen LogP contribution in [-0.4, -0.2) is 41.0 Å². The number of hydrogen-bond donors (Lipinski definition) is 1. The Balaban J connectivity index is 1.77. The second kappa shape index (κ2) is 5.43. The van der Waals surface area contributed by atoms with E-state index < -0.39 is 0 Å². The van der Waals surface area contributed by atoms with E-state index in [9.17, 15) is 0 Å². The van der Waals surface area contributed by atoms with E-state index in [1.165, 1.54) is 0 Å². The maximum absolute atomic E-state index is 4.63. The molecule has 5 heteroatoms. The molecule has 4 nitrogen and oxygen atoms in total. The third kappa shape index (κ3) is 3.04. The number of piperidine rings is 1. The van der Waals surface area contributed by atoms with E-state index in [2.05, 4.69) is 43.2 Å². The van der Waals surface area contributed by atoms with Crippen LogP contribution in [0.3, 0.4) is 0 Å². The molecule has 0 bridgehead atoms. The molecule has 0 aliphatic carbocycles. The lowest BCUT2D eigenvalue weighted by Crippen LogP contribution is -2.36. The van der Waals surface area contributed by atoms with Crippen LogP contribution >= 0.6 is 15.9 Å². The summed E-state index contributed by atoms with van der Waals surface area (Å²) < 4.78 is 1.03. The highest BCUT2D eigenvalue weighted by Gasteiger charge is 2.16. The fourth-order valence-electron chi connectivity index (χ4n) is 2.42. The molecule has 19 heavy (non-hydrogen) atoms. The third-order valence-corrected chi connectivity index (χ3v) is 4.07. The topological polar surface area (TPSA) is 41.0 Å². The van der Waals surface area contributed by atoms with Crippen molar-refractivity contribution < 1.29 is 0 Å². The van der Waals surface area contributed by atoms with Crippen LogP contribution in [0.15, 0.2) is 28.9 Å². The number of hydrogen-bond acceptors (Lipinski definition) is 4. The van der Waals surface area contributed by atoms with Crippen molar-refractivity contribution >= 4 is 32.8 Å². The van der Waals surface area contributed by atoms with Crippen LogP contribution in [-0.2, 0) is 0 Å². The Morgan fingerprint density at radius 3 is 2.84 bits per heavy atom. The van der Waals surface area contributed by atoms with Gasteiger partial charge in [0.2, 0.25) is 0 Å². The lowest BCUT2D eigenvalue weighted by atomic mass is 10.1. The third-order valence-electron chi connectivity index (χ3n) is 3.57. The molecule has 3 rings (SSSR count). The van der Waals surface area contributed by atoms with E-state index in [0.29, 0.717) is 6.04 Å². The van der Waals surface area contributed by atoms with Crippen molar-refractivity contribution in [3.05, 3.63) is 28.9 Å². The van der Waals surface area contributed by atoms with Gasteiger partial charge < -0.3 is 10.2 Å². The van der Waals surface area contributed by atoms with Gasteiger partial charge in [-0.1, -0.05) is 15.9 Å². The first-order valence-corrected chi connectivity index (χ1v) is 7.37. The zero-order valence-electron chi connectivity index (χ0n) is 10.9. The van der Waals surface area contributed by atoms with Crippen molar-refractivity contribution in [1.82, 2.24) is 14.9 Å². The summed E-state index contributed by atoms with van der Waals surface area (Å²) in [5, 5.41) is 3.50. The minimum atomic E-state index is 0.509. The van der Waals surface area contributed by atoms with E-state index in [-0.39, 0.29) is 0 Å². The highest BCUT2D eigenvalue weighted by Crippen LogP contribution is 2.19. The molecule has 0 unspecified atom stereocenters. The van der Waals surface area contributed by atoms with Crippen LogP contribution in [0, 0.1) is 0 Å². The fourth-order valence-corrected chi connectivity index (χ4v) is 2.77. The standard InChI is InChI=1S/C14H17BrN4/c1-19-6-4-11(5-7-19)17-14-9-16-12-3-2-10(15)8-13(12)18-14/h2-3,8-9,11H,4-7H2,1H3,(H,17,18). The van der Waals surface area contributed by atoms with Crippen LogP contribution in [0.5, 0.6) is 0 Å². The quantitative estimate of drug-likeness (QED) is 0.923. The molecule has 1 fully saturated rings. The summed E-state index contributed by atoms with van der Waals surface area (Å²) in [6.07, 6.45) is 4.15. The molecular formula is C14H17BrN4. The summed E-state index contributed by atoms with van der Waals surface area (Å²) in [5.41, 5.74) is 1.85.